The average Bonchev–Trinajstić information content (AvgIpc) is 2.57. The first-order chi connectivity index (χ1) is 11.1. The van der Waals surface area contributed by atoms with Crippen LogP contribution in [0.3, 0.4) is 0 Å². The van der Waals surface area contributed by atoms with Crippen LogP contribution < -0.4 is 4.74 Å². The van der Waals surface area contributed by atoms with E-state index in [0.29, 0.717) is 29.6 Å². The van der Waals surface area contributed by atoms with Crippen LogP contribution in [-0.4, -0.2) is 40.2 Å². The van der Waals surface area contributed by atoms with Gasteiger partial charge in [-0.15, -0.1) is 5.10 Å². The summed E-state index contributed by atoms with van der Waals surface area (Å²) in [5.41, 5.74) is 1.49. The number of benzene rings is 1. The molecule has 1 fully saturated rings. The molecule has 1 saturated heterocycles. The summed E-state index contributed by atoms with van der Waals surface area (Å²) < 4.78 is 5.83. The second-order valence-corrected chi connectivity index (χ2v) is 6.07. The number of amides is 1. The van der Waals surface area contributed by atoms with Crippen LogP contribution in [0.1, 0.15) is 28.9 Å². The molecule has 1 aromatic carbocycles. The Bertz CT molecular complexity index is 682. The highest BCUT2D eigenvalue weighted by Gasteiger charge is 2.25. The summed E-state index contributed by atoms with van der Waals surface area (Å²) in [6.45, 7) is 3.21. The van der Waals surface area contributed by atoms with E-state index in [4.69, 9.17) is 16.3 Å². The second-order valence-electron chi connectivity index (χ2n) is 5.63. The first-order valence-corrected chi connectivity index (χ1v) is 8.01. The molecule has 0 atom stereocenters. The molecule has 0 spiro atoms. The maximum absolute atomic E-state index is 12.5. The summed E-state index contributed by atoms with van der Waals surface area (Å²) in [5, 5.41) is 8.58. The minimum absolute atomic E-state index is 0.0149. The number of aromatic nitrogens is 2. The standard InChI is InChI=1S/C17H18ClN3O2/c1-12-5-6-16(20-19-12)23-15-7-9-21(10-8-15)17(22)13-3-2-4-14(18)11-13/h2-6,11,15H,7-10H2,1H3. The molecule has 0 aliphatic carbocycles. The molecule has 0 bridgehead atoms. The van der Waals surface area contributed by atoms with Crippen molar-refractivity contribution in [3.8, 4) is 5.88 Å². The van der Waals surface area contributed by atoms with Gasteiger partial charge in [-0.05, 0) is 31.2 Å². The topological polar surface area (TPSA) is 55.3 Å². The van der Waals surface area contributed by atoms with Crippen LogP contribution in [0.15, 0.2) is 36.4 Å². The molecule has 2 heterocycles. The molecule has 0 unspecified atom stereocenters. The summed E-state index contributed by atoms with van der Waals surface area (Å²) in [5.74, 6) is 0.552. The maximum atomic E-state index is 12.5. The summed E-state index contributed by atoms with van der Waals surface area (Å²) in [7, 11) is 0. The molecule has 1 aliphatic heterocycles. The average molecular weight is 332 g/mol. The third kappa shape index (κ3) is 3.99. The number of carbonyl (C=O) groups is 1. The fourth-order valence-corrected chi connectivity index (χ4v) is 2.79. The van der Waals surface area contributed by atoms with Gasteiger partial charge in [0.25, 0.3) is 5.91 Å². The van der Waals surface area contributed by atoms with Crippen molar-refractivity contribution < 1.29 is 9.53 Å². The smallest absolute Gasteiger partial charge is 0.253 e. The number of hydrogen-bond acceptors (Lipinski definition) is 4. The van der Waals surface area contributed by atoms with E-state index >= 15 is 0 Å². The van der Waals surface area contributed by atoms with Gasteiger partial charge < -0.3 is 9.64 Å². The Labute approximate surface area is 140 Å². The lowest BCUT2D eigenvalue weighted by Gasteiger charge is -2.32. The number of ether oxygens (including phenoxy) is 1. The number of carbonyl (C=O) groups excluding carboxylic acids is 1. The Kier molecular flexibility index (Phi) is 4.76. The van der Waals surface area contributed by atoms with Crippen molar-refractivity contribution in [1.82, 2.24) is 15.1 Å². The first kappa shape index (κ1) is 15.7. The molecule has 6 heteroatoms. The van der Waals surface area contributed by atoms with Crippen LogP contribution in [0.2, 0.25) is 5.02 Å². The number of likely N-dealkylation sites (tertiary alicyclic amines) is 1. The van der Waals surface area contributed by atoms with Crippen LogP contribution in [0.25, 0.3) is 0 Å². The number of piperidine rings is 1. The molecule has 0 N–H and O–H groups in total. The van der Waals surface area contributed by atoms with E-state index in [1.807, 2.05) is 24.0 Å². The lowest BCUT2D eigenvalue weighted by Crippen LogP contribution is -2.41. The number of halogens is 1. The van der Waals surface area contributed by atoms with E-state index in [-0.39, 0.29) is 12.0 Å². The summed E-state index contributed by atoms with van der Waals surface area (Å²) in [4.78, 5) is 14.3. The molecule has 5 nitrogen and oxygen atoms in total. The minimum atomic E-state index is 0.0149. The number of nitrogens with zero attached hydrogens (tertiary/aromatic N) is 3. The van der Waals surface area contributed by atoms with E-state index in [2.05, 4.69) is 10.2 Å². The third-order valence-corrected chi connectivity index (χ3v) is 4.10. The van der Waals surface area contributed by atoms with Gasteiger partial charge in [0.05, 0.1) is 5.69 Å². The van der Waals surface area contributed by atoms with Gasteiger partial charge in [0, 0.05) is 42.6 Å². The van der Waals surface area contributed by atoms with E-state index in [0.717, 1.165) is 18.5 Å². The fourth-order valence-electron chi connectivity index (χ4n) is 2.60. The fraction of sp³-hybridized carbons (Fsp3) is 0.353. The van der Waals surface area contributed by atoms with Gasteiger partial charge in [0.2, 0.25) is 5.88 Å². The quantitative estimate of drug-likeness (QED) is 0.867. The van der Waals surface area contributed by atoms with E-state index in [1.165, 1.54) is 0 Å². The molecular weight excluding hydrogens is 314 g/mol. The lowest BCUT2D eigenvalue weighted by molar-refractivity contribution is 0.0586. The summed E-state index contributed by atoms with van der Waals surface area (Å²) in [6.07, 6.45) is 1.62. The monoisotopic (exact) mass is 331 g/mol. The van der Waals surface area contributed by atoms with Crippen LogP contribution in [0, 0.1) is 6.92 Å². The molecule has 23 heavy (non-hydrogen) atoms. The van der Waals surface area contributed by atoms with Gasteiger partial charge in [-0.25, -0.2) is 0 Å². The highest BCUT2D eigenvalue weighted by Crippen LogP contribution is 2.19. The molecule has 1 amide bonds. The normalized spacial score (nSPS) is 15.5. The zero-order chi connectivity index (χ0) is 16.2. The van der Waals surface area contributed by atoms with Crippen molar-refractivity contribution in [2.24, 2.45) is 0 Å². The predicted octanol–water partition coefficient (Wildman–Crippen LogP) is 3.12. The zero-order valence-corrected chi connectivity index (χ0v) is 13.7. The van der Waals surface area contributed by atoms with Gasteiger partial charge in [-0.2, -0.15) is 5.10 Å². The Balaban J connectivity index is 1.55. The number of hydrogen-bond donors (Lipinski definition) is 0. The largest absolute Gasteiger partial charge is 0.473 e. The van der Waals surface area contributed by atoms with E-state index in [1.54, 1.807) is 24.3 Å². The van der Waals surface area contributed by atoms with Gasteiger partial charge >= 0.3 is 0 Å². The number of aryl methyl sites for hydroxylation is 1. The van der Waals surface area contributed by atoms with Crippen molar-refractivity contribution in [3.05, 3.63) is 52.7 Å². The van der Waals surface area contributed by atoms with Crippen LogP contribution in [0.4, 0.5) is 0 Å². The molecule has 0 radical (unpaired) electrons. The summed E-state index contributed by atoms with van der Waals surface area (Å²) in [6, 6.07) is 10.8. The van der Waals surface area contributed by atoms with Crippen molar-refractivity contribution >= 4 is 17.5 Å². The maximum Gasteiger partial charge on any atom is 0.253 e. The van der Waals surface area contributed by atoms with Crippen molar-refractivity contribution in [3.63, 3.8) is 0 Å². The van der Waals surface area contributed by atoms with E-state index in [9.17, 15) is 4.79 Å². The lowest BCUT2D eigenvalue weighted by atomic mass is 10.1. The molecule has 1 aliphatic rings. The Morgan fingerprint density at radius 1 is 1.22 bits per heavy atom. The Morgan fingerprint density at radius 2 is 2.00 bits per heavy atom. The van der Waals surface area contributed by atoms with Crippen molar-refractivity contribution in [1.29, 1.82) is 0 Å². The van der Waals surface area contributed by atoms with Gasteiger partial charge in [-0.1, -0.05) is 17.7 Å². The third-order valence-electron chi connectivity index (χ3n) is 3.86. The molecule has 120 valence electrons. The summed E-state index contributed by atoms with van der Waals surface area (Å²) >= 11 is 5.95. The Hall–Kier alpha value is -2.14. The second kappa shape index (κ2) is 6.96. The highest BCUT2D eigenvalue weighted by atomic mass is 35.5. The van der Waals surface area contributed by atoms with Crippen LogP contribution in [0.5, 0.6) is 5.88 Å². The van der Waals surface area contributed by atoms with Gasteiger partial charge in [0.15, 0.2) is 0 Å². The first-order valence-electron chi connectivity index (χ1n) is 7.63. The Morgan fingerprint density at radius 3 is 2.65 bits per heavy atom. The zero-order valence-electron chi connectivity index (χ0n) is 12.9. The van der Waals surface area contributed by atoms with Gasteiger partial charge in [-0.3, -0.25) is 4.79 Å². The molecule has 0 saturated carbocycles. The highest BCUT2D eigenvalue weighted by molar-refractivity contribution is 6.30. The van der Waals surface area contributed by atoms with E-state index < -0.39 is 0 Å². The van der Waals surface area contributed by atoms with Gasteiger partial charge in [0.1, 0.15) is 6.10 Å². The predicted molar refractivity (Wildman–Crippen MR) is 87.8 cm³/mol. The molecule has 3 rings (SSSR count). The molecular formula is C17H18ClN3O2. The SMILES string of the molecule is Cc1ccc(OC2CCN(C(=O)c3cccc(Cl)c3)CC2)nn1. The van der Waals surface area contributed by atoms with Crippen LogP contribution in [-0.2, 0) is 0 Å². The molecule has 2 aromatic rings. The molecule has 1 aromatic heterocycles. The van der Waals surface area contributed by atoms with Crippen LogP contribution >= 0.6 is 11.6 Å². The minimum Gasteiger partial charge on any atom is -0.473 e. The van der Waals surface area contributed by atoms with Crippen molar-refractivity contribution in [2.75, 3.05) is 13.1 Å². The van der Waals surface area contributed by atoms with Crippen molar-refractivity contribution in [2.45, 2.75) is 25.9 Å². The number of rotatable bonds is 3.